The lowest BCUT2D eigenvalue weighted by Gasteiger charge is -2.40. The molecule has 33 heavy (non-hydrogen) atoms. The number of rotatable bonds is 6. The summed E-state index contributed by atoms with van der Waals surface area (Å²) in [5, 5.41) is 2.61. The molecule has 3 rings (SSSR count). The van der Waals surface area contributed by atoms with Gasteiger partial charge in [0.1, 0.15) is 16.8 Å². The first kappa shape index (κ1) is 25.1. The molecule has 1 atom stereocenters. The van der Waals surface area contributed by atoms with Crippen LogP contribution in [-0.2, 0) is 4.79 Å². The van der Waals surface area contributed by atoms with Crippen molar-refractivity contribution in [2.24, 2.45) is 0 Å². The van der Waals surface area contributed by atoms with E-state index in [9.17, 15) is 37.4 Å². The maximum atomic E-state index is 13.8. The minimum absolute atomic E-state index is 0.00910. The van der Waals surface area contributed by atoms with E-state index in [1.165, 1.54) is 18.1 Å². The van der Waals surface area contributed by atoms with Crippen molar-refractivity contribution in [3.05, 3.63) is 54.1 Å². The van der Waals surface area contributed by atoms with Crippen LogP contribution in [0, 0.1) is 5.82 Å². The number of nitrogens with one attached hydrogen (secondary N) is 1. The van der Waals surface area contributed by atoms with Crippen LogP contribution in [0.25, 0.3) is 0 Å². The number of anilines is 1. The lowest BCUT2D eigenvalue weighted by molar-refractivity contribution is -0.124. The van der Waals surface area contributed by atoms with E-state index in [1.54, 1.807) is 0 Å². The average molecular weight is 503 g/mol. The Bertz CT molecular complexity index is 1020. The van der Waals surface area contributed by atoms with Crippen LogP contribution in [0.4, 0.5) is 38.3 Å². The Morgan fingerprint density at radius 3 is 2.18 bits per heavy atom. The molecule has 13 heteroatoms. The number of amides is 1. The van der Waals surface area contributed by atoms with Gasteiger partial charge in [-0.1, -0.05) is 19.4 Å². The maximum Gasteiger partial charge on any atom is 0.310 e. The van der Waals surface area contributed by atoms with E-state index in [0.717, 1.165) is 24.4 Å². The molecule has 1 saturated carbocycles. The van der Waals surface area contributed by atoms with Crippen molar-refractivity contribution in [2.75, 3.05) is 11.9 Å². The molecule has 1 amide bonds. The van der Waals surface area contributed by atoms with Crippen LogP contribution in [0.15, 0.2) is 47.6 Å². The summed E-state index contributed by atoms with van der Waals surface area (Å²) in [7, 11) is -8.58. The number of benzene rings is 1. The van der Waals surface area contributed by atoms with Gasteiger partial charge in [-0.05, 0) is 43.2 Å². The molecule has 0 radical (unpaired) electrons. The molecule has 1 N–H and O–H groups in total. The van der Waals surface area contributed by atoms with Gasteiger partial charge in [-0.3, -0.25) is 9.78 Å². The maximum absolute atomic E-state index is 13.8. The fraction of sp³-hybridized carbons (Fsp3) is 0.400. The van der Waals surface area contributed by atoms with Crippen LogP contribution in [0.3, 0.4) is 0 Å². The minimum atomic E-state index is -9.88. The van der Waals surface area contributed by atoms with E-state index >= 15 is 0 Å². The number of hydrogen-bond acceptors (Lipinski definition) is 3. The first-order valence-corrected chi connectivity index (χ1v) is 11.8. The van der Waals surface area contributed by atoms with Gasteiger partial charge in [0.05, 0.1) is 6.20 Å². The summed E-state index contributed by atoms with van der Waals surface area (Å²) in [4.78, 5) is 15.8. The highest BCUT2D eigenvalue weighted by atomic mass is 32.5. The zero-order valence-corrected chi connectivity index (χ0v) is 18.1. The summed E-state index contributed by atoms with van der Waals surface area (Å²) in [5.74, 6) is -4.33. The highest BCUT2D eigenvalue weighted by Crippen LogP contribution is 3.02. The van der Waals surface area contributed by atoms with E-state index in [1.807, 2.05) is 0 Å². The molecule has 1 aromatic carbocycles. The van der Waals surface area contributed by atoms with Gasteiger partial charge in [0.15, 0.2) is 0 Å². The molecule has 1 aromatic heterocycles. The first-order chi connectivity index (χ1) is 14.9. The molecular weight excluding hydrogens is 482 g/mol. The summed E-state index contributed by atoms with van der Waals surface area (Å²) in [5.41, 5.74) is -0.00637. The molecule has 1 aliphatic rings. The molecule has 0 aliphatic heterocycles. The Hall–Kier alpha value is -2.57. The zero-order valence-electron chi connectivity index (χ0n) is 17.3. The standard InChI is InChI=1S/C20H21F8N3OS/c1-31(16-2-4-17(5-3-16)33(24,25,26,27)28)18(13-10-14(21)12-29-11-13)19(32)30-15-6-8-20(22,23)9-7-15/h2-5,10-12,15,18H,6-9H2,1H3,(H,30,32). The van der Waals surface area contributed by atoms with Gasteiger partial charge in [0, 0.05) is 43.4 Å². The van der Waals surface area contributed by atoms with Crippen molar-refractivity contribution >= 4 is 21.8 Å². The third-order valence-electron chi connectivity index (χ3n) is 5.43. The largest absolute Gasteiger partial charge is 0.359 e. The van der Waals surface area contributed by atoms with Crippen LogP contribution in [0.1, 0.15) is 37.3 Å². The van der Waals surface area contributed by atoms with Crippen LogP contribution < -0.4 is 10.2 Å². The second-order valence-electron chi connectivity index (χ2n) is 8.05. The number of likely N-dealkylation sites (N-methyl/N-ethyl adjacent to an activating group) is 1. The number of alkyl halides is 2. The average Bonchev–Trinajstić information content (AvgIpc) is 2.68. The van der Waals surface area contributed by atoms with Crippen LogP contribution in [-0.4, -0.2) is 29.9 Å². The van der Waals surface area contributed by atoms with Gasteiger partial charge in [0.2, 0.25) is 11.8 Å². The second kappa shape index (κ2) is 7.74. The monoisotopic (exact) mass is 503 g/mol. The van der Waals surface area contributed by atoms with Gasteiger partial charge >= 0.3 is 10.2 Å². The number of nitrogens with zero attached hydrogens (tertiary/aromatic N) is 2. The molecule has 1 unspecified atom stereocenters. The lowest BCUT2D eigenvalue weighted by Crippen LogP contribution is -2.46. The Kier molecular flexibility index (Phi) is 5.88. The van der Waals surface area contributed by atoms with Crippen molar-refractivity contribution in [1.29, 1.82) is 0 Å². The van der Waals surface area contributed by atoms with E-state index in [2.05, 4.69) is 10.3 Å². The first-order valence-electron chi connectivity index (χ1n) is 9.81. The molecule has 0 spiro atoms. The molecule has 184 valence electrons. The summed E-state index contributed by atoms with van der Waals surface area (Å²) in [6, 6.07) is 1.03. The smallest absolute Gasteiger partial charge is 0.310 e. The Labute approximate surface area is 184 Å². The third kappa shape index (κ3) is 6.27. The fourth-order valence-electron chi connectivity index (χ4n) is 3.68. The molecule has 0 bridgehead atoms. The highest BCUT2D eigenvalue weighted by molar-refractivity contribution is 8.45. The van der Waals surface area contributed by atoms with Crippen LogP contribution >= 0.6 is 10.2 Å². The van der Waals surface area contributed by atoms with Crippen molar-refractivity contribution < 1.29 is 37.4 Å². The van der Waals surface area contributed by atoms with Gasteiger partial charge in [0.25, 0.3) is 0 Å². The minimum Gasteiger partial charge on any atom is -0.359 e. The molecular formula is C20H21F8N3OS. The lowest BCUT2D eigenvalue weighted by atomic mass is 9.92. The Morgan fingerprint density at radius 1 is 1.09 bits per heavy atom. The summed E-state index contributed by atoms with van der Waals surface area (Å²) >= 11 is 0. The number of hydrogen-bond donors (Lipinski definition) is 1. The van der Waals surface area contributed by atoms with Crippen molar-refractivity contribution in [3.8, 4) is 0 Å². The molecule has 0 saturated heterocycles. The van der Waals surface area contributed by atoms with Crippen LogP contribution in [0.5, 0.6) is 0 Å². The third-order valence-corrected chi connectivity index (χ3v) is 6.59. The Morgan fingerprint density at radius 2 is 1.67 bits per heavy atom. The van der Waals surface area contributed by atoms with E-state index in [-0.39, 0.29) is 36.2 Å². The van der Waals surface area contributed by atoms with Crippen molar-refractivity contribution in [2.45, 2.75) is 48.6 Å². The fourth-order valence-corrected chi connectivity index (χ4v) is 4.33. The number of halogens is 8. The summed E-state index contributed by atoms with van der Waals surface area (Å²) < 4.78 is 106. The van der Waals surface area contributed by atoms with Gasteiger partial charge in [-0.25, -0.2) is 13.2 Å². The van der Waals surface area contributed by atoms with Gasteiger partial charge in [-0.2, -0.15) is 0 Å². The zero-order chi connectivity index (χ0) is 24.7. The van der Waals surface area contributed by atoms with Gasteiger partial charge < -0.3 is 10.2 Å². The predicted molar refractivity (Wildman–Crippen MR) is 109 cm³/mol. The van der Waals surface area contributed by atoms with E-state index in [4.69, 9.17) is 0 Å². The molecule has 1 aliphatic carbocycles. The highest BCUT2D eigenvalue weighted by Gasteiger charge is 2.65. The normalized spacial score (nSPS) is 19.8. The topological polar surface area (TPSA) is 45.2 Å². The number of carbonyl (C=O) groups is 1. The van der Waals surface area contributed by atoms with Crippen LogP contribution in [0.2, 0.25) is 0 Å². The molecule has 4 nitrogen and oxygen atoms in total. The Balaban J connectivity index is 1.89. The number of carbonyl (C=O) groups excluding carboxylic acids is 1. The van der Waals surface area contributed by atoms with E-state index < -0.39 is 57.7 Å². The second-order valence-corrected chi connectivity index (χ2v) is 10.5. The quantitative estimate of drug-likeness (QED) is 0.444. The molecule has 1 fully saturated rings. The van der Waals surface area contributed by atoms with Crippen molar-refractivity contribution in [3.63, 3.8) is 0 Å². The molecule has 1 heterocycles. The van der Waals surface area contributed by atoms with Gasteiger partial charge in [-0.15, -0.1) is 0 Å². The van der Waals surface area contributed by atoms with Crippen molar-refractivity contribution in [1.82, 2.24) is 10.3 Å². The predicted octanol–water partition coefficient (Wildman–Crippen LogP) is 6.75. The number of pyridine rings is 1. The summed E-state index contributed by atoms with van der Waals surface area (Å²) in [6.07, 6.45) is 1.23. The summed E-state index contributed by atoms with van der Waals surface area (Å²) in [6.45, 7) is 0. The molecule has 2 aromatic rings. The SMILES string of the molecule is CN(c1ccc(S(F)(F)(F)(F)F)cc1)C(C(=O)NC1CCC(F)(F)CC1)c1cncc(F)c1. The number of aromatic nitrogens is 1. The van der Waals surface area contributed by atoms with E-state index in [0.29, 0.717) is 0 Å².